The fraction of sp³-hybridized carbons (Fsp3) is 0.562. The summed E-state index contributed by atoms with van der Waals surface area (Å²) in [5.74, 6) is -0.0312. The zero-order chi connectivity index (χ0) is 16.5. The zero-order valence-electron chi connectivity index (χ0n) is 13.2. The number of alkyl halides is 1. The highest BCUT2D eigenvalue weighted by molar-refractivity contribution is 5.69. The van der Waals surface area contributed by atoms with E-state index in [1.165, 1.54) is 30.2 Å². The molecule has 0 radical (unpaired) electrons. The second-order valence-corrected chi connectivity index (χ2v) is 6.37. The van der Waals surface area contributed by atoms with E-state index in [0.717, 1.165) is 0 Å². The minimum atomic E-state index is -1.18. The number of hydrogen-bond acceptors (Lipinski definition) is 3. The number of likely N-dealkylation sites (tertiary alicyclic amines) is 1. The van der Waals surface area contributed by atoms with Crippen LogP contribution in [0.4, 0.5) is 13.6 Å². The average molecular weight is 313 g/mol. The first-order valence-electron chi connectivity index (χ1n) is 7.18. The predicted octanol–water partition coefficient (Wildman–Crippen LogP) is 3.85. The number of hydrogen-bond donors (Lipinski definition) is 0. The lowest BCUT2D eigenvalue weighted by atomic mass is 10.0. The van der Waals surface area contributed by atoms with E-state index in [-0.39, 0.29) is 13.0 Å². The number of benzene rings is 1. The molecule has 0 N–H and O–H groups in total. The van der Waals surface area contributed by atoms with E-state index in [2.05, 4.69) is 0 Å². The van der Waals surface area contributed by atoms with Crippen molar-refractivity contribution in [1.82, 2.24) is 4.90 Å². The Morgan fingerprint density at radius 3 is 2.64 bits per heavy atom. The molecule has 2 rings (SSSR count). The van der Waals surface area contributed by atoms with E-state index >= 15 is 0 Å². The highest BCUT2D eigenvalue weighted by Gasteiger charge is 2.39. The first-order chi connectivity index (χ1) is 10.2. The number of amides is 1. The van der Waals surface area contributed by atoms with E-state index in [4.69, 9.17) is 9.47 Å². The number of rotatable bonds is 2. The molecule has 0 bridgehead atoms. The number of nitrogens with zero attached hydrogens (tertiary/aromatic N) is 1. The van der Waals surface area contributed by atoms with Gasteiger partial charge in [0.1, 0.15) is 23.3 Å². The molecule has 0 aliphatic carbocycles. The van der Waals surface area contributed by atoms with Crippen LogP contribution in [0, 0.1) is 5.82 Å². The Hall–Kier alpha value is -1.85. The Balaban J connectivity index is 2.32. The fourth-order valence-corrected chi connectivity index (χ4v) is 2.57. The minimum absolute atomic E-state index is 0.0702. The first-order valence-corrected chi connectivity index (χ1v) is 7.18. The monoisotopic (exact) mass is 313 g/mol. The summed E-state index contributed by atoms with van der Waals surface area (Å²) >= 11 is 0. The highest BCUT2D eigenvalue weighted by Crippen LogP contribution is 2.39. The molecule has 0 spiro atoms. The van der Waals surface area contributed by atoms with E-state index in [1.54, 1.807) is 20.8 Å². The lowest BCUT2D eigenvalue weighted by Crippen LogP contribution is -2.37. The van der Waals surface area contributed by atoms with Crippen LogP contribution in [0.25, 0.3) is 0 Å². The summed E-state index contributed by atoms with van der Waals surface area (Å²) in [6.07, 6.45) is -1.69. The second-order valence-electron chi connectivity index (χ2n) is 6.37. The number of carbonyl (C=O) groups excluding carboxylic acids is 1. The maximum absolute atomic E-state index is 13.9. The quantitative estimate of drug-likeness (QED) is 0.832. The number of ether oxygens (including phenoxy) is 2. The van der Waals surface area contributed by atoms with Gasteiger partial charge in [0.15, 0.2) is 0 Å². The summed E-state index contributed by atoms with van der Waals surface area (Å²) in [4.78, 5) is 13.6. The third-order valence-corrected chi connectivity index (χ3v) is 3.43. The van der Waals surface area contributed by atoms with Crippen molar-refractivity contribution in [3.63, 3.8) is 0 Å². The molecule has 22 heavy (non-hydrogen) atoms. The molecular formula is C16H21F2NO3. The van der Waals surface area contributed by atoms with Crippen molar-refractivity contribution in [3.05, 3.63) is 29.6 Å². The van der Waals surface area contributed by atoms with Gasteiger partial charge in [-0.15, -0.1) is 0 Å². The van der Waals surface area contributed by atoms with Crippen molar-refractivity contribution in [3.8, 4) is 5.75 Å². The molecule has 4 nitrogen and oxygen atoms in total. The van der Waals surface area contributed by atoms with E-state index < -0.39 is 29.7 Å². The van der Waals surface area contributed by atoms with Crippen molar-refractivity contribution < 1.29 is 23.0 Å². The van der Waals surface area contributed by atoms with Crippen LogP contribution in [0.1, 0.15) is 38.8 Å². The summed E-state index contributed by atoms with van der Waals surface area (Å²) in [7, 11) is 1.45. The summed E-state index contributed by atoms with van der Waals surface area (Å²) in [6, 6.07) is 3.42. The Bertz CT molecular complexity index is 557. The van der Waals surface area contributed by atoms with Crippen LogP contribution in [-0.4, -0.2) is 36.4 Å². The molecule has 1 amide bonds. The Morgan fingerprint density at radius 1 is 1.36 bits per heavy atom. The van der Waals surface area contributed by atoms with Crippen LogP contribution in [0.15, 0.2) is 18.2 Å². The van der Waals surface area contributed by atoms with Gasteiger partial charge in [-0.3, -0.25) is 4.90 Å². The number of carbonyl (C=O) groups is 1. The fourth-order valence-electron chi connectivity index (χ4n) is 2.57. The maximum atomic E-state index is 13.9. The normalized spacial score (nSPS) is 21.8. The van der Waals surface area contributed by atoms with Gasteiger partial charge in [0.05, 0.1) is 19.7 Å². The Morgan fingerprint density at radius 2 is 2.05 bits per heavy atom. The molecule has 122 valence electrons. The van der Waals surface area contributed by atoms with Crippen LogP contribution in [0.5, 0.6) is 5.75 Å². The Kier molecular flexibility index (Phi) is 4.58. The van der Waals surface area contributed by atoms with Gasteiger partial charge in [0.2, 0.25) is 0 Å². The molecule has 1 fully saturated rings. The molecule has 0 aromatic heterocycles. The molecular weight excluding hydrogens is 292 g/mol. The van der Waals surface area contributed by atoms with Gasteiger partial charge in [-0.2, -0.15) is 0 Å². The molecule has 1 aliphatic rings. The van der Waals surface area contributed by atoms with Gasteiger partial charge < -0.3 is 9.47 Å². The third-order valence-electron chi connectivity index (χ3n) is 3.43. The van der Waals surface area contributed by atoms with Crippen molar-refractivity contribution in [1.29, 1.82) is 0 Å². The molecule has 1 saturated heterocycles. The smallest absolute Gasteiger partial charge is 0.410 e. The van der Waals surface area contributed by atoms with E-state index in [1.807, 2.05) is 0 Å². The van der Waals surface area contributed by atoms with Crippen LogP contribution in [-0.2, 0) is 4.74 Å². The van der Waals surface area contributed by atoms with Gasteiger partial charge in [0, 0.05) is 12.0 Å². The van der Waals surface area contributed by atoms with E-state index in [9.17, 15) is 13.6 Å². The zero-order valence-corrected chi connectivity index (χ0v) is 13.2. The van der Waals surface area contributed by atoms with Gasteiger partial charge in [-0.25, -0.2) is 13.6 Å². The molecule has 1 aromatic carbocycles. The molecule has 1 aromatic rings. The van der Waals surface area contributed by atoms with Crippen molar-refractivity contribution in [2.45, 2.75) is 45.0 Å². The summed E-state index contributed by atoms with van der Waals surface area (Å²) < 4.78 is 37.9. The number of methoxy groups -OCH3 is 1. The van der Waals surface area contributed by atoms with E-state index in [0.29, 0.717) is 11.3 Å². The first kappa shape index (κ1) is 16.5. The predicted molar refractivity (Wildman–Crippen MR) is 78.1 cm³/mol. The summed E-state index contributed by atoms with van der Waals surface area (Å²) in [5, 5.41) is 0. The van der Waals surface area contributed by atoms with Crippen LogP contribution in [0.2, 0.25) is 0 Å². The maximum Gasteiger partial charge on any atom is 0.410 e. The van der Waals surface area contributed by atoms with Crippen molar-refractivity contribution in [2.75, 3.05) is 13.7 Å². The lowest BCUT2D eigenvalue weighted by molar-refractivity contribution is 0.0215. The van der Waals surface area contributed by atoms with Gasteiger partial charge >= 0.3 is 6.09 Å². The van der Waals surface area contributed by atoms with Crippen LogP contribution >= 0.6 is 0 Å². The van der Waals surface area contributed by atoms with Crippen LogP contribution < -0.4 is 4.74 Å². The SMILES string of the molecule is COc1ccc(F)cc1[C@H]1C[C@H](F)CN1C(=O)OC(C)(C)C. The topological polar surface area (TPSA) is 38.8 Å². The van der Waals surface area contributed by atoms with Crippen molar-refractivity contribution in [2.24, 2.45) is 0 Å². The van der Waals surface area contributed by atoms with Crippen LogP contribution in [0.3, 0.4) is 0 Å². The van der Waals surface area contributed by atoms with Crippen molar-refractivity contribution >= 4 is 6.09 Å². The molecule has 1 heterocycles. The highest BCUT2D eigenvalue weighted by atomic mass is 19.1. The molecule has 0 saturated carbocycles. The van der Waals surface area contributed by atoms with Gasteiger partial charge in [0.25, 0.3) is 0 Å². The Labute approximate surface area is 129 Å². The third kappa shape index (κ3) is 3.67. The molecule has 1 aliphatic heterocycles. The standard InChI is InChI=1S/C16H21F2NO3/c1-16(2,3)22-15(20)19-9-11(18)8-13(19)12-7-10(17)5-6-14(12)21-4/h5-7,11,13H,8-9H2,1-4H3/t11-,13+/m0/s1. The number of halogens is 2. The summed E-state index contributed by atoms with van der Waals surface area (Å²) in [6.45, 7) is 5.16. The summed E-state index contributed by atoms with van der Waals surface area (Å²) in [5.41, 5.74) is -0.226. The minimum Gasteiger partial charge on any atom is -0.496 e. The van der Waals surface area contributed by atoms with Gasteiger partial charge in [-0.05, 0) is 39.0 Å². The largest absolute Gasteiger partial charge is 0.496 e. The molecule has 0 unspecified atom stereocenters. The lowest BCUT2D eigenvalue weighted by Gasteiger charge is -2.29. The molecule has 6 heteroatoms. The average Bonchev–Trinajstić information content (AvgIpc) is 2.79. The second kappa shape index (κ2) is 6.10. The molecule has 2 atom stereocenters. The van der Waals surface area contributed by atoms with Gasteiger partial charge in [-0.1, -0.05) is 0 Å².